The first-order valence-corrected chi connectivity index (χ1v) is 5.24. The van der Waals surface area contributed by atoms with Crippen LogP contribution in [0.5, 0.6) is 5.75 Å². The van der Waals surface area contributed by atoms with Crippen molar-refractivity contribution < 1.29 is 52.4 Å². The summed E-state index contributed by atoms with van der Waals surface area (Å²) in [5.41, 5.74) is -1.82. The Bertz CT molecular complexity index is 400. The van der Waals surface area contributed by atoms with Crippen molar-refractivity contribution in [3.8, 4) is 5.75 Å². The molecule has 0 saturated heterocycles. The molecule has 78 valence electrons. The average Bonchev–Trinajstić information content (AvgIpc) is 2.15. The van der Waals surface area contributed by atoms with Crippen LogP contribution in [-0.4, -0.2) is 25.2 Å². The van der Waals surface area contributed by atoms with E-state index < -0.39 is 15.6 Å². The van der Waals surface area contributed by atoms with Gasteiger partial charge in [-0.05, 0) is 17.7 Å². The minimum absolute atomic E-state index is 0. The van der Waals surface area contributed by atoms with Crippen LogP contribution >= 0.6 is 0 Å². The van der Waals surface area contributed by atoms with E-state index in [9.17, 15) is 8.42 Å². The molecule has 1 aromatic carbocycles. The first-order valence-electron chi connectivity index (χ1n) is 3.73. The number of methoxy groups -OCH3 is 1. The van der Waals surface area contributed by atoms with Gasteiger partial charge in [-0.1, -0.05) is 12.1 Å². The second-order valence-electron chi connectivity index (χ2n) is 2.64. The van der Waals surface area contributed by atoms with E-state index in [1.165, 1.54) is 31.4 Å². The summed E-state index contributed by atoms with van der Waals surface area (Å²) >= 11 is 0. The topological polar surface area (TPSA) is 83.8 Å². The van der Waals surface area contributed by atoms with Gasteiger partial charge < -0.3 is 9.84 Å². The molecule has 0 heterocycles. The third-order valence-corrected chi connectivity index (χ3v) is 2.52. The number of rotatable bonds is 3. The Labute approximate surface area is 110 Å². The number of aliphatic hydroxyl groups is 1. The molecular weight excluding hydrogens is 231 g/mol. The van der Waals surface area contributed by atoms with Gasteiger partial charge in [-0.25, -0.2) is 0 Å². The third kappa shape index (κ3) is 4.10. The van der Waals surface area contributed by atoms with Gasteiger partial charge >= 0.3 is 29.6 Å². The van der Waals surface area contributed by atoms with Crippen LogP contribution in [0.1, 0.15) is 11.0 Å². The molecule has 1 atom stereocenters. The maximum Gasteiger partial charge on any atom is 1.00 e. The zero-order chi connectivity index (χ0) is 10.8. The van der Waals surface area contributed by atoms with Crippen molar-refractivity contribution in [1.29, 1.82) is 0 Å². The molecule has 0 aromatic heterocycles. The first-order chi connectivity index (χ1) is 6.45. The predicted molar refractivity (Wildman–Crippen MR) is 49.5 cm³/mol. The maximum absolute atomic E-state index is 10.6. The number of ether oxygens (including phenoxy) is 1. The Morgan fingerprint density at radius 3 is 2.07 bits per heavy atom. The SMILES string of the molecule is COc1ccc(C(O)S(=O)(=O)O)cc1.[Na+]. The van der Waals surface area contributed by atoms with E-state index >= 15 is 0 Å². The van der Waals surface area contributed by atoms with Crippen LogP contribution in [-0.2, 0) is 10.1 Å². The van der Waals surface area contributed by atoms with Gasteiger partial charge in [0.1, 0.15) is 5.75 Å². The van der Waals surface area contributed by atoms with Crippen LogP contribution in [0.15, 0.2) is 24.3 Å². The Morgan fingerprint density at radius 2 is 1.73 bits per heavy atom. The van der Waals surface area contributed by atoms with Crippen LogP contribution in [0.25, 0.3) is 0 Å². The molecule has 1 aromatic rings. The summed E-state index contributed by atoms with van der Waals surface area (Å²) in [4.78, 5) is 0. The molecule has 0 aliphatic heterocycles. The number of aliphatic hydroxyl groups excluding tert-OH is 1. The molecule has 2 N–H and O–H groups in total. The van der Waals surface area contributed by atoms with Crippen molar-refractivity contribution in [1.82, 2.24) is 0 Å². The van der Waals surface area contributed by atoms with Crippen LogP contribution < -0.4 is 34.3 Å². The quantitative estimate of drug-likeness (QED) is 0.454. The van der Waals surface area contributed by atoms with Crippen molar-refractivity contribution in [3.05, 3.63) is 29.8 Å². The predicted octanol–water partition coefficient (Wildman–Crippen LogP) is -2.42. The van der Waals surface area contributed by atoms with Crippen molar-refractivity contribution in [2.75, 3.05) is 7.11 Å². The zero-order valence-corrected chi connectivity index (χ0v) is 11.2. The van der Waals surface area contributed by atoms with E-state index in [0.717, 1.165) is 0 Å². The number of hydrogen-bond acceptors (Lipinski definition) is 4. The van der Waals surface area contributed by atoms with Gasteiger partial charge in [0, 0.05) is 0 Å². The monoisotopic (exact) mass is 241 g/mol. The minimum Gasteiger partial charge on any atom is -0.497 e. The summed E-state index contributed by atoms with van der Waals surface area (Å²) in [6, 6.07) is 5.70. The van der Waals surface area contributed by atoms with Gasteiger partial charge in [-0.2, -0.15) is 8.42 Å². The fourth-order valence-corrected chi connectivity index (χ4v) is 1.44. The van der Waals surface area contributed by atoms with E-state index in [1.807, 2.05) is 0 Å². The average molecular weight is 241 g/mol. The summed E-state index contributed by atoms with van der Waals surface area (Å²) in [5.74, 6) is 0.538. The van der Waals surface area contributed by atoms with Crippen LogP contribution in [0, 0.1) is 0 Å². The van der Waals surface area contributed by atoms with E-state index in [-0.39, 0.29) is 35.1 Å². The standard InChI is InChI=1S/C8H10O5S.Na/c1-13-7-4-2-6(3-5-7)8(9)14(10,11)12;/h2-5,8-9H,1H3,(H,10,11,12);/q;+1. The van der Waals surface area contributed by atoms with Crippen LogP contribution in [0.2, 0.25) is 0 Å². The fraction of sp³-hybridized carbons (Fsp3) is 0.250. The fourth-order valence-electron chi connectivity index (χ4n) is 0.941. The molecule has 5 nitrogen and oxygen atoms in total. The van der Waals surface area contributed by atoms with Gasteiger partial charge in [-0.15, -0.1) is 0 Å². The largest absolute Gasteiger partial charge is 1.00 e. The van der Waals surface area contributed by atoms with E-state index in [4.69, 9.17) is 14.4 Å². The van der Waals surface area contributed by atoms with Crippen LogP contribution in [0.4, 0.5) is 0 Å². The minimum atomic E-state index is -4.46. The Kier molecular flexibility index (Phi) is 5.79. The molecule has 1 rings (SSSR count). The second kappa shape index (κ2) is 5.83. The van der Waals surface area contributed by atoms with E-state index in [1.54, 1.807) is 0 Å². The van der Waals surface area contributed by atoms with Crippen molar-refractivity contribution >= 4 is 10.1 Å². The molecular formula is C8H10NaO5S+. The smallest absolute Gasteiger partial charge is 0.497 e. The zero-order valence-electron chi connectivity index (χ0n) is 8.41. The van der Waals surface area contributed by atoms with Crippen molar-refractivity contribution in [3.63, 3.8) is 0 Å². The first kappa shape index (κ1) is 14.9. The molecule has 0 saturated carbocycles. The van der Waals surface area contributed by atoms with Gasteiger partial charge in [0.05, 0.1) is 7.11 Å². The summed E-state index contributed by atoms with van der Waals surface area (Å²) < 4.78 is 34.5. The number of hydrogen-bond donors (Lipinski definition) is 2. The Morgan fingerprint density at radius 1 is 1.27 bits per heavy atom. The Balaban J connectivity index is 0.00000196. The molecule has 0 bridgehead atoms. The Hall–Kier alpha value is -0.110. The molecule has 0 radical (unpaired) electrons. The normalized spacial score (nSPS) is 12.7. The summed E-state index contributed by atoms with van der Waals surface area (Å²) in [7, 11) is -2.99. The second-order valence-corrected chi connectivity index (χ2v) is 4.12. The summed E-state index contributed by atoms with van der Waals surface area (Å²) in [5, 5.41) is 9.14. The van der Waals surface area contributed by atoms with E-state index in [0.29, 0.717) is 5.75 Å². The molecule has 7 heteroatoms. The van der Waals surface area contributed by atoms with Gasteiger partial charge in [0.15, 0.2) is 0 Å². The van der Waals surface area contributed by atoms with Crippen molar-refractivity contribution in [2.45, 2.75) is 5.44 Å². The van der Waals surface area contributed by atoms with Gasteiger partial charge in [-0.3, -0.25) is 4.55 Å². The molecule has 15 heavy (non-hydrogen) atoms. The molecule has 0 fully saturated rings. The molecule has 0 spiro atoms. The maximum atomic E-state index is 10.6. The molecule has 0 amide bonds. The summed E-state index contributed by atoms with van der Waals surface area (Å²) in [6.07, 6.45) is 0. The van der Waals surface area contributed by atoms with E-state index in [2.05, 4.69) is 0 Å². The summed E-state index contributed by atoms with van der Waals surface area (Å²) in [6.45, 7) is 0. The molecule has 0 aliphatic rings. The van der Waals surface area contributed by atoms with Gasteiger partial charge in [0.2, 0.25) is 5.44 Å². The van der Waals surface area contributed by atoms with Crippen LogP contribution in [0.3, 0.4) is 0 Å². The van der Waals surface area contributed by atoms with Gasteiger partial charge in [0.25, 0.3) is 10.1 Å². The third-order valence-electron chi connectivity index (χ3n) is 1.68. The molecule has 1 unspecified atom stereocenters. The molecule has 0 aliphatic carbocycles. The van der Waals surface area contributed by atoms with Crippen molar-refractivity contribution in [2.24, 2.45) is 0 Å². The number of benzene rings is 1.